The van der Waals surface area contributed by atoms with Crippen molar-refractivity contribution in [3.8, 4) is 11.1 Å². The quantitative estimate of drug-likeness (QED) is 0.424. The molecule has 3 heterocycles. The van der Waals surface area contributed by atoms with Gasteiger partial charge in [-0.2, -0.15) is 0 Å². The van der Waals surface area contributed by atoms with Gasteiger partial charge in [-0.3, -0.25) is 14.4 Å². The highest BCUT2D eigenvalue weighted by molar-refractivity contribution is 7.18. The fourth-order valence-electron chi connectivity index (χ4n) is 5.87. The molecule has 5 rings (SSSR count). The second kappa shape index (κ2) is 12.5. The van der Waals surface area contributed by atoms with Crippen LogP contribution in [-0.2, 0) is 14.4 Å². The molecule has 0 saturated carbocycles. The molecule has 2 fully saturated rings. The molecule has 0 radical (unpaired) electrons. The van der Waals surface area contributed by atoms with E-state index in [1.54, 1.807) is 16.2 Å². The molecule has 40 heavy (non-hydrogen) atoms. The molecule has 2 saturated heterocycles. The number of amides is 3. The summed E-state index contributed by atoms with van der Waals surface area (Å²) in [5.74, 6) is -0.743. The molecule has 9 heteroatoms. The van der Waals surface area contributed by atoms with Crippen molar-refractivity contribution in [2.24, 2.45) is 11.8 Å². The zero-order valence-electron chi connectivity index (χ0n) is 23.2. The van der Waals surface area contributed by atoms with Crippen LogP contribution in [0.25, 0.3) is 21.3 Å². The normalized spacial score (nSPS) is 19.5. The van der Waals surface area contributed by atoms with Gasteiger partial charge < -0.3 is 20.2 Å². The van der Waals surface area contributed by atoms with Crippen LogP contribution in [0.1, 0.15) is 57.0 Å². The van der Waals surface area contributed by atoms with E-state index in [1.807, 2.05) is 36.9 Å². The molecule has 0 bridgehead atoms. The van der Waals surface area contributed by atoms with Crippen molar-refractivity contribution in [1.82, 2.24) is 20.1 Å². The fraction of sp³-hybridized carbons (Fsp3) is 0.484. The van der Waals surface area contributed by atoms with Crippen LogP contribution in [0.4, 0.5) is 0 Å². The Balaban J connectivity index is 1.41. The first-order valence-corrected chi connectivity index (χ1v) is 15.2. The molecule has 3 aromatic rings. The van der Waals surface area contributed by atoms with Crippen molar-refractivity contribution in [3.05, 3.63) is 53.5 Å². The molecule has 2 N–H and O–H groups in total. The summed E-state index contributed by atoms with van der Waals surface area (Å²) in [7, 11) is 0. The molecule has 2 aliphatic rings. The Labute approximate surface area is 239 Å². The number of likely N-dealkylation sites (tertiary alicyclic amines) is 2. The number of nitrogens with zero attached hydrogens (tertiary/aromatic N) is 3. The average Bonchev–Trinajstić information content (AvgIpc) is 3.66. The van der Waals surface area contributed by atoms with E-state index in [9.17, 15) is 19.5 Å². The van der Waals surface area contributed by atoms with Crippen molar-refractivity contribution in [2.75, 3.05) is 26.2 Å². The molecule has 0 aliphatic carbocycles. The number of rotatable bonds is 8. The zero-order valence-corrected chi connectivity index (χ0v) is 24.0. The number of aliphatic hydroxyl groups excluding tert-OH is 1. The van der Waals surface area contributed by atoms with Gasteiger partial charge in [-0.05, 0) is 49.7 Å². The van der Waals surface area contributed by atoms with Gasteiger partial charge in [-0.25, -0.2) is 4.98 Å². The van der Waals surface area contributed by atoms with E-state index in [4.69, 9.17) is 4.98 Å². The van der Waals surface area contributed by atoms with E-state index in [0.717, 1.165) is 39.2 Å². The third kappa shape index (κ3) is 5.76. The highest BCUT2D eigenvalue weighted by Crippen LogP contribution is 2.40. The molecule has 3 atom stereocenters. The lowest BCUT2D eigenvalue weighted by Gasteiger charge is -2.38. The molecule has 1 aromatic heterocycles. The Morgan fingerprint density at radius 1 is 1.05 bits per heavy atom. The lowest BCUT2D eigenvalue weighted by molar-refractivity contribution is -0.141. The molecule has 212 valence electrons. The Hall–Kier alpha value is -3.30. The van der Waals surface area contributed by atoms with Gasteiger partial charge in [0.1, 0.15) is 17.7 Å². The van der Waals surface area contributed by atoms with Crippen molar-refractivity contribution in [2.45, 2.75) is 58.0 Å². The summed E-state index contributed by atoms with van der Waals surface area (Å²) in [6, 6.07) is 15.7. The largest absolute Gasteiger partial charge is 0.387 e. The van der Waals surface area contributed by atoms with Crippen LogP contribution in [0.2, 0.25) is 0 Å². The summed E-state index contributed by atoms with van der Waals surface area (Å²) in [5.41, 5.74) is 3.15. The van der Waals surface area contributed by atoms with Gasteiger partial charge >= 0.3 is 0 Å². The van der Waals surface area contributed by atoms with Crippen LogP contribution < -0.4 is 5.32 Å². The fourth-order valence-corrected chi connectivity index (χ4v) is 7.01. The first-order chi connectivity index (χ1) is 19.4. The SMILES string of the molecule is CC[C@@H](C)C(=O)N[C@H](C(=O)N1CCC[C@H]1c1nc2c(-c3ccccc3)cccc2s1)C1CCN(C(=O)CO)CC1. The van der Waals surface area contributed by atoms with Crippen molar-refractivity contribution in [1.29, 1.82) is 0 Å². The maximum absolute atomic E-state index is 14.2. The molecular weight excluding hydrogens is 524 g/mol. The third-order valence-corrected chi connectivity index (χ3v) is 9.59. The summed E-state index contributed by atoms with van der Waals surface area (Å²) in [6.07, 6.45) is 3.61. The monoisotopic (exact) mass is 562 g/mol. The number of hydrogen-bond acceptors (Lipinski definition) is 6. The second-order valence-electron chi connectivity index (χ2n) is 10.9. The molecule has 0 spiro atoms. The Bertz CT molecular complexity index is 1350. The summed E-state index contributed by atoms with van der Waals surface area (Å²) in [5, 5.41) is 13.3. The summed E-state index contributed by atoms with van der Waals surface area (Å²) >= 11 is 1.64. The second-order valence-corrected chi connectivity index (χ2v) is 12.0. The number of carbonyl (C=O) groups excluding carboxylic acids is 3. The Morgan fingerprint density at radius 3 is 2.50 bits per heavy atom. The first kappa shape index (κ1) is 28.2. The number of nitrogens with one attached hydrogen (secondary N) is 1. The number of piperidine rings is 1. The van der Waals surface area contributed by atoms with E-state index in [1.165, 1.54) is 0 Å². The summed E-state index contributed by atoms with van der Waals surface area (Å²) in [4.78, 5) is 47.9. The number of aliphatic hydroxyl groups is 1. The third-order valence-electron chi connectivity index (χ3n) is 8.46. The lowest BCUT2D eigenvalue weighted by Crippen LogP contribution is -2.55. The standard InChI is InChI=1S/C31H38N4O4S/c1-3-20(2)29(38)32-27(22-14-17-34(18-15-22)26(37)19-36)31(39)35-16-8-12-24(35)30-33-28-23(11-7-13-25(28)40-30)21-9-5-4-6-10-21/h4-7,9-11,13,20,22,24,27,36H,3,8,12,14-19H2,1-2H3,(H,32,38)/t20-,24+,27+/m1/s1. The van der Waals surface area contributed by atoms with E-state index < -0.39 is 12.6 Å². The highest BCUT2D eigenvalue weighted by atomic mass is 32.1. The van der Waals surface area contributed by atoms with Gasteiger partial charge in [0.05, 0.1) is 16.3 Å². The molecule has 0 unspecified atom stereocenters. The van der Waals surface area contributed by atoms with Crippen LogP contribution in [0.3, 0.4) is 0 Å². The summed E-state index contributed by atoms with van der Waals surface area (Å²) in [6.45, 7) is 4.90. The van der Waals surface area contributed by atoms with Crippen LogP contribution in [0.15, 0.2) is 48.5 Å². The van der Waals surface area contributed by atoms with E-state index in [-0.39, 0.29) is 35.6 Å². The topological polar surface area (TPSA) is 103 Å². The minimum atomic E-state index is -0.650. The van der Waals surface area contributed by atoms with Crippen molar-refractivity contribution >= 4 is 39.3 Å². The number of hydrogen-bond donors (Lipinski definition) is 2. The van der Waals surface area contributed by atoms with Crippen LogP contribution in [-0.4, -0.2) is 69.9 Å². The van der Waals surface area contributed by atoms with Crippen molar-refractivity contribution < 1.29 is 19.5 Å². The maximum Gasteiger partial charge on any atom is 0.248 e. The Kier molecular flexibility index (Phi) is 8.81. The minimum Gasteiger partial charge on any atom is -0.387 e. The number of aromatic nitrogens is 1. The van der Waals surface area contributed by atoms with E-state index >= 15 is 0 Å². The molecule has 2 aromatic carbocycles. The van der Waals surface area contributed by atoms with Gasteiger partial charge in [-0.1, -0.05) is 56.3 Å². The van der Waals surface area contributed by atoms with Gasteiger partial charge in [0, 0.05) is 31.1 Å². The van der Waals surface area contributed by atoms with E-state index in [0.29, 0.717) is 38.9 Å². The molecule has 2 aliphatic heterocycles. The lowest BCUT2D eigenvalue weighted by atomic mass is 9.87. The van der Waals surface area contributed by atoms with Gasteiger partial charge in [0.25, 0.3) is 0 Å². The molecule has 3 amide bonds. The van der Waals surface area contributed by atoms with Gasteiger partial charge in [0.15, 0.2) is 0 Å². The average molecular weight is 563 g/mol. The van der Waals surface area contributed by atoms with Crippen molar-refractivity contribution in [3.63, 3.8) is 0 Å². The smallest absolute Gasteiger partial charge is 0.248 e. The first-order valence-electron chi connectivity index (χ1n) is 14.4. The number of fused-ring (bicyclic) bond motifs is 1. The molecular formula is C31H38N4O4S. The minimum absolute atomic E-state index is 0.0615. The summed E-state index contributed by atoms with van der Waals surface area (Å²) < 4.78 is 1.10. The highest BCUT2D eigenvalue weighted by Gasteiger charge is 2.41. The number of thiazole rings is 1. The maximum atomic E-state index is 14.2. The van der Waals surface area contributed by atoms with Crippen LogP contribution >= 0.6 is 11.3 Å². The predicted octanol–water partition coefficient (Wildman–Crippen LogP) is 4.39. The number of carbonyl (C=O) groups is 3. The van der Waals surface area contributed by atoms with Gasteiger partial charge in [-0.15, -0.1) is 11.3 Å². The van der Waals surface area contributed by atoms with Gasteiger partial charge in [0.2, 0.25) is 17.7 Å². The predicted molar refractivity (Wildman–Crippen MR) is 157 cm³/mol. The Morgan fingerprint density at radius 2 is 1.80 bits per heavy atom. The molecule has 8 nitrogen and oxygen atoms in total. The van der Waals surface area contributed by atoms with E-state index in [2.05, 4.69) is 35.6 Å². The number of benzene rings is 2. The van der Waals surface area contributed by atoms with Crippen LogP contribution in [0, 0.1) is 11.8 Å². The number of para-hydroxylation sites is 1. The zero-order chi connectivity index (χ0) is 28.2. The van der Waals surface area contributed by atoms with Crippen LogP contribution in [0.5, 0.6) is 0 Å².